The molecule has 26 heavy (non-hydrogen) atoms. The minimum absolute atomic E-state index is 0.114. The number of H-pyrrole nitrogens is 1. The first-order chi connectivity index (χ1) is 12.7. The Labute approximate surface area is 152 Å². The number of aromatic nitrogens is 2. The molecule has 0 spiro atoms. The lowest BCUT2D eigenvalue weighted by molar-refractivity contribution is -0.135. The molecule has 2 aliphatic rings. The molecule has 6 nitrogen and oxygen atoms in total. The molecule has 1 amide bonds. The van der Waals surface area contributed by atoms with Crippen molar-refractivity contribution in [2.24, 2.45) is 5.92 Å². The maximum absolute atomic E-state index is 12.6. The molecule has 1 aliphatic heterocycles. The van der Waals surface area contributed by atoms with Crippen molar-refractivity contribution in [3.63, 3.8) is 0 Å². The molecule has 2 heterocycles. The molecule has 0 radical (unpaired) electrons. The maximum Gasteiger partial charge on any atom is 0.266 e. The van der Waals surface area contributed by atoms with E-state index in [1.165, 1.54) is 0 Å². The third-order valence-electron chi connectivity index (χ3n) is 5.12. The molecule has 4 rings (SSSR count). The molecule has 0 saturated carbocycles. The van der Waals surface area contributed by atoms with Gasteiger partial charge < -0.3 is 9.80 Å². The van der Waals surface area contributed by atoms with E-state index in [4.69, 9.17) is 0 Å². The number of amides is 1. The van der Waals surface area contributed by atoms with E-state index in [0.29, 0.717) is 26.2 Å². The van der Waals surface area contributed by atoms with Crippen LogP contribution >= 0.6 is 0 Å². The lowest BCUT2D eigenvalue weighted by Crippen LogP contribution is -2.50. The van der Waals surface area contributed by atoms with Gasteiger partial charge in [-0.25, -0.2) is 5.10 Å². The van der Waals surface area contributed by atoms with Crippen LogP contribution in [0.3, 0.4) is 0 Å². The molecule has 0 bridgehead atoms. The van der Waals surface area contributed by atoms with Crippen molar-refractivity contribution in [2.45, 2.75) is 12.8 Å². The van der Waals surface area contributed by atoms with Gasteiger partial charge in [0.15, 0.2) is 0 Å². The summed E-state index contributed by atoms with van der Waals surface area (Å²) >= 11 is 0. The third kappa shape index (κ3) is 3.27. The molecule has 0 unspecified atom stereocenters. The number of piperazine rings is 1. The highest BCUT2D eigenvalue weighted by Gasteiger charge is 2.28. The second kappa shape index (κ2) is 7.15. The van der Waals surface area contributed by atoms with Gasteiger partial charge in [-0.2, -0.15) is 5.10 Å². The number of nitrogens with one attached hydrogen (secondary N) is 1. The van der Waals surface area contributed by atoms with Gasteiger partial charge in [-0.05, 0) is 12.8 Å². The first-order valence-corrected chi connectivity index (χ1v) is 9.06. The van der Waals surface area contributed by atoms with Crippen LogP contribution in [-0.2, 0) is 4.79 Å². The smallest absolute Gasteiger partial charge is 0.266 e. The standard InChI is InChI=1S/C20H22N4O2/c25-18-14-17(19(22-21-18)15-6-2-1-3-7-15)23-10-12-24(13-11-23)20(26)16-8-4-5-9-16/h1-7,14,16H,8-13H2,(H,21,25). The summed E-state index contributed by atoms with van der Waals surface area (Å²) in [6, 6.07) is 11.4. The Bertz CT molecular complexity index is 859. The number of allylic oxidation sites excluding steroid dienone is 2. The number of hydrogen-bond donors (Lipinski definition) is 1. The molecule has 2 aromatic rings. The molecule has 1 aromatic heterocycles. The van der Waals surface area contributed by atoms with Crippen molar-refractivity contribution >= 4 is 11.6 Å². The van der Waals surface area contributed by atoms with Crippen LogP contribution in [0.15, 0.2) is 53.3 Å². The van der Waals surface area contributed by atoms with Gasteiger partial charge >= 0.3 is 0 Å². The number of hydrogen-bond acceptors (Lipinski definition) is 4. The third-order valence-corrected chi connectivity index (χ3v) is 5.12. The fraction of sp³-hybridized carbons (Fsp3) is 0.350. The summed E-state index contributed by atoms with van der Waals surface area (Å²) in [7, 11) is 0. The number of carbonyl (C=O) groups is 1. The summed E-state index contributed by atoms with van der Waals surface area (Å²) in [5.74, 6) is 0.365. The van der Waals surface area contributed by atoms with Gasteiger partial charge in [0.25, 0.3) is 5.56 Å². The predicted octanol–water partition coefficient (Wildman–Crippen LogP) is 2.05. The first kappa shape index (κ1) is 16.6. The van der Waals surface area contributed by atoms with Gasteiger partial charge in [0, 0.05) is 43.7 Å². The van der Waals surface area contributed by atoms with E-state index in [1.807, 2.05) is 35.2 Å². The van der Waals surface area contributed by atoms with Gasteiger partial charge in [0.2, 0.25) is 5.91 Å². The minimum Gasteiger partial charge on any atom is -0.366 e. The summed E-state index contributed by atoms with van der Waals surface area (Å²) in [4.78, 5) is 28.5. The minimum atomic E-state index is -0.213. The highest BCUT2D eigenvalue weighted by molar-refractivity contribution is 5.80. The van der Waals surface area contributed by atoms with Crippen LogP contribution in [0.4, 0.5) is 5.69 Å². The monoisotopic (exact) mass is 350 g/mol. The zero-order valence-electron chi connectivity index (χ0n) is 14.6. The topological polar surface area (TPSA) is 69.3 Å². The second-order valence-corrected chi connectivity index (χ2v) is 6.78. The SMILES string of the molecule is O=C(C1CC=CC1)N1CCN(c2cc(=O)[nH]nc2-c2ccccc2)CC1. The van der Waals surface area contributed by atoms with Crippen LogP contribution in [0.25, 0.3) is 11.3 Å². The Balaban J connectivity index is 1.52. The maximum atomic E-state index is 12.6. The normalized spacial score (nSPS) is 17.7. The molecule has 6 heteroatoms. The highest BCUT2D eigenvalue weighted by Crippen LogP contribution is 2.28. The van der Waals surface area contributed by atoms with Gasteiger partial charge in [-0.15, -0.1) is 0 Å². The van der Waals surface area contributed by atoms with E-state index < -0.39 is 0 Å². The summed E-state index contributed by atoms with van der Waals surface area (Å²) in [6.07, 6.45) is 5.89. The van der Waals surface area contributed by atoms with Crippen LogP contribution in [-0.4, -0.2) is 47.2 Å². The van der Waals surface area contributed by atoms with E-state index in [9.17, 15) is 9.59 Å². The molecular weight excluding hydrogens is 328 g/mol. The van der Waals surface area contributed by atoms with Crippen LogP contribution in [0, 0.1) is 5.92 Å². The van der Waals surface area contributed by atoms with Crippen LogP contribution in [0.1, 0.15) is 12.8 Å². The number of aromatic amines is 1. The molecule has 1 aromatic carbocycles. The molecule has 1 aliphatic carbocycles. The van der Waals surface area contributed by atoms with Crippen LogP contribution in [0.2, 0.25) is 0 Å². The van der Waals surface area contributed by atoms with E-state index in [0.717, 1.165) is 29.8 Å². The van der Waals surface area contributed by atoms with E-state index in [-0.39, 0.29) is 17.4 Å². The van der Waals surface area contributed by atoms with E-state index in [1.54, 1.807) is 6.07 Å². The Kier molecular flexibility index (Phi) is 4.56. The van der Waals surface area contributed by atoms with Crippen molar-refractivity contribution in [3.05, 3.63) is 58.9 Å². The zero-order chi connectivity index (χ0) is 17.9. The molecule has 1 fully saturated rings. The summed E-state index contributed by atoms with van der Waals surface area (Å²) < 4.78 is 0. The number of rotatable bonds is 3. The van der Waals surface area contributed by atoms with E-state index >= 15 is 0 Å². The average molecular weight is 350 g/mol. The lowest BCUT2D eigenvalue weighted by atomic mass is 10.0. The fourth-order valence-electron chi connectivity index (χ4n) is 3.69. The number of anilines is 1. The summed E-state index contributed by atoms with van der Waals surface area (Å²) in [5, 5.41) is 6.81. The molecule has 134 valence electrons. The predicted molar refractivity (Wildman–Crippen MR) is 101 cm³/mol. The lowest BCUT2D eigenvalue weighted by Gasteiger charge is -2.37. The Hall–Kier alpha value is -2.89. The van der Waals surface area contributed by atoms with Crippen LogP contribution < -0.4 is 10.5 Å². The molecule has 1 N–H and O–H groups in total. The summed E-state index contributed by atoms with van der Waals surface area (Å²) in [5.41, 5.74) is 2.35. The number of nitrogens with zero attached hydrogens (tertiary/aromatic N) is 3. The van der Waals surface area contributed by atoms with Gasteiger partial charge in [0.1, 0.15) is 5.69 Å². The Morgan fingerprint density at radius 1 is 1.04 bits per heavy atom. The summed E-state index contributed by atoms with van der Waals surface area (Å²) in [6.45, 7) is 2.76. The second-order valence-electron chi connectivity index (χ2n) is 6.78. The largest absolute Gasteiger partial charge is 0.366 e. The number of benzene rings is 1. The zero-order valence-corrected chi connectivity index (χ0v) is 14.6. The average Bonchev–Trinajstić information content (AvgIpc) is 3.23. The molecule has 0 atom stereocenters. The van der Waals surface area contributed by atoms with Crippen LogP contribution in [0.5, 0.6) is 0 Å². The van der Waals surface area contributed by atoms with E-state index in [2.05, 4.69) is 27.2 Å². The van der Waals surface area contributed by atoms with Crippen molar-refractivity contribution in [3.8, 4) is 11.3 Å². The van der Waals surface area contributed by atoms with Gasteiger partial charge in [-0.3, -0.25) is 9.59 Å². The molecule has 1 saturated heterocycles. The van der Waals surface area contributed by atoms with Gasteiger partial charge in [-0.1, -0.05) is 42.5 Å². The van der Waals surface area contributed by atoms with Crippen molar-refractivity contribution < 1.29 is 4.79 Å². The van der Waals surface area contributed by atoms with Crippen molar-refractivity contribution in [2.75, 3.05) is 31.1 Å². The Morgan fingerprint density at radius 3 is 2.42 bits per heavy atom. The van der Waals surface area contributed by atoms with Gasteiger partial charge in [0.05, 0.1) is 5.69 Å². The Morgan fingerprint density at radius 2 is 1.73 bits per heavy atom. The fourth-order valence-corrected chi connectivity index (χ4v) is 3.69. The first-order valence-electron chi connectivity index (χ1n) is 9.06. The van der Waals surface area contributed by atoms with Crippen molar-refractivity contribution in [1.82, 2.24) is 15.1 Å². The molecular formula is C20H22N4O2. The quantitative estimate of drug-likeness (QED) is 0.860. The number of carbonyl (C=O) groups excluding carboxylic acids is 1. The van der Waals surface area contributed by atoms with Crippen molar-refractivity contribution in [1.29, 1.82) is 0 Å². The highest BCUT2D eigenvalue weighted by atomic mass is 16.2.